The Hall–Kier alpha value is -4.06. The lowest BCUT2D eigenvalue weighted by molar-refractivity contribution is 1.19. The highest BCUT2D eigenvalue weighted by atomic mass is 79.9. The summed E-state index contributed by atoms with van der Waals surface area (Å²) in [7, 11) is -2.68. The van der Waals surface area contributed by atoms with Crippen LogP contribution < -0.4 is 20.7 Å². The van der Waals surface area contributed by atoms with Gasteiger partial charge in [-0.1, -0.05) is 136 Å². The first kappa shape index (κ1) is 27.3. The Bertz CT molecular complexity index is 2400. The Labute approximate surface area is 280 Å². The Morgan fingerprint density at radius 1 is 0.533 bits per heavy atom. The predicted octanol–water partition coefficient (Wildman–Crippen LogP) is 9.19. The van der Waals surface area contributed by atoms with Gasteiger partial charge in [0.1, 0.15) is 0 Å². The molecule has 0 bridgehead atoms. The van der Waals surface area contributed by atoms with E-state index in [4.69, 9.17) is 11.6 Å². The number of aromatic nitrogens is 1. The lowest BCUT2D eigenvalue weighted by Crippen LogP contribution is -2.76. The fourth-order valence-electron chi connectivity index (χ4n) is 7.31. The second-order valence-electron chi connectivity index (χ2n) is 11.6. The van der Waals surface area contributed by atoms with Gasteiger partial charge >= 0.3 is 0 Å². The number of hydrogen-bond acceptors (Lipinski definition) is 1. The van der Waals surface area contributed by atoms with Crippen molar-refractivity contribution in [2.45, 2.75) is 9.79 Å². The van der Waals surface area contributed by atoms with Gasteiger partial charge in [0.05, 0.1) is 11.0 Å². The Kier molecular flexibility index (Phi) is 6.36. The molecule has 214 valence electrons. The number of fused-ring (bicyclic) bond motifs is 6. The molecule has 1 aromatic heterocycles. The van der Waals surface area contributed by atoms with E-state index in [0.717, 1.165) is 9.50 Å². The quantitative estimate of drug-likeness (QED) is 0.167. The van der Waals surface area contributed by atoms with Crippen molar-refractivity contribution >= 4 is 101 Å². The van der Waals surface area contributed by atoms with Crippen LogP contribution >= 0.6 is 39.3 Å². The van der Waals surface area contributed by atoms with Gasteiger partial charge in [0.2, 0.25) is 0 Å². The first-order valence-corrected chi connectivity index (χ1v) is 19.0. The van der Waals surface area contributed by atoms with E-state index in [0.29, 0.717) is 0 Å². The van der Waals surface area contributed by atoms with Gasteiger partial charge < -0.3 is 4.57 Å². The maximum atomic E-state index is 6.61. The first-order chi connectivity index (χ1) is 22.1. The zero-order valence-electron chi connectivity index (χ0n) is 24.0. The monoisotopic (exact) mass is 693 g/mol. The molecule has 7 aromatic carbocycles. The summed E-state index contributed by atoms with van der Waals surface area (Å²) in [5.41, 5.74) is 3.62. The minimum absolute atomic E-state index is 0.774. The lowest BCUT2D eigenvalue weighted by Gasteiger charge is -2.40. The van der Waals surface area contributed by atoms with Gasteiger partial charge in [0.25, 0.3) is 0 Å². The van der Waals surface area contributed by atoms with Crippen LogP contribution in [0.5, 0.6) is 0 Å². The summed E-state index contributed by atoms with van der Waals surface area (Å²) in [6.45, 7) is 0. The summed E-state index contributed by atoms with van der Waals surface area (Å²) in [5, 5.41) is 11.3. The molecule has 1 aliphatic heterocycles. The summed E-state index contributed by atoms with van der Waals surface area (Å²) < 4.78 is 3.48. The molecule has 0 saturated heterocycles. The zero-order chi connectivity index (χ0) is 30.1. The molecular weight excluding hydrogens is 670 g/mol. The Balaban J connectivity index is 1.30. The molecule has 0 radical (unpaired) electrons. The van der Waals surface area contributed by atoms with Crippen molar-refractivity contribution in [3.8, 4) is 5.69 Å². The van der Waals surface area contributed by atoms with E-state index < -0.39 is 8.07 Å². The van der Waals surface area contributed by atoms with Crippen LogP contribution in [0.3, 0.4) is 0 Å². The fourth-order valence-corrected chi connectivity index (χ4v) is 14.8. The highest BCUT2D eigenvalue weighted by molar-refractivity contribution is 9.10. The van der Waals surface area contributed by atoms with Crippen molar-refractivity contribution in [3.05, 3.63) is 161 Å². The van der Waals surface area contributed by atoms with E-state index in [1.54, 1.807) is 0 Å². The molecule has 9 rings (SSSR count). The molecular formula is C40H25BrClNSSi. The topological polar surface area (TPSA) is 4.93 Å². The number of nitrogens with zero attached hydrogens (tertiary/aromatic N) is 1. The van der Waals surface area contributed by atoms with Crippen LogP contribution in [-0.4, -0.2) is 12.6 Å². The van der Waals surface area contributed by atoms with E-state index in [-0.39, 0.29) is 0 Å². The highest BCUT2D eigenvalue weighted by Gasteiger charge is 2.47. The van der Waals surface area contributed by atoms with Gasteiger partial charge in [-0.25, -0.2) is 0 Å². The molecule has 2 heterocycles. The average molecular weight is 695 g/mol. The summed E-state index contributed by atoms with van der Waals surface area (Å²) in [4.78, 5) is 2.56. The van der Waals surface area contributed by atoms with E-state index in [9.17, 15) is 0 Å². The van der Waals surface area contributed by atoms with Crippen LogP contribution in [0, 0.1) is 0 Å². The number of hydrogen-bond donors (Lipinski definition) is 0. The lowest BCUT2D eigenvalue weighted by atomic mass is 10.1. The van der Waals surface area contributed by atoms with Gasteiger partial charge in [-0.05, 0) is 86.1 Å². The number of halogens is 2. The highest BCUT2D eigenvalue weighted by Crippen LogP contribution is 2.36. The third-order valence-corrected chi connectivity index (χ3v) is 16.4. The van der Waals surface area contributed by atoms with Crippen LogP contribution in [0.25, 0.3) is 38.3 Å². The van der Waals surface area contributed by atoms with E-state index in [2.05, 4.69) is 172 Å². The van der Waals surface area contributed by atoms with Crippen molar-refractivity contribution < 1.29 is 0 Å². The van der Waals surface area contributed by atoms with Crippen LogP contribution in [0.15, 0.2) is 166 Å². The van der Waals surface area contributed by atoms with Crippen LogP contribution in [0.4, 0.5) is 0 Å². The molecule has 0 amide bonds. The van der Waals surface area contributed by atoms with Crippen molar-refractivity contribution in [2.75, 3.05) is 0 Å². The standard InChI is InChI=1S/C40H25BrClNSSi/c41-28-15-20-31(21-16-28)45(39-12-6-5-11-37(39)44-38-25-29(42)17-22-40(38)45)32-19-14-26-23-30(18-13-27(26)24-32)43-35-9-3-1-7-33(35)34-8-2-4-10-36(34)43/h1-25H. The molecule has 0 fully saturated rings. The van der Waals surface area contributed by atoms with E-state index in [1.807, 2.05) is 11.8 Å². The largest absolute Gasteiger partial charge is 0.309 e. The fraction of sp³-hybridized carbons (Fsp3) is 0. The van der Waals surface area contributed by atoms with Gasteiger partial charge in [-0.15, -0.1) is 0 Å². The maximum absolute atomic E-state index is 6.61. The molecule has 0 saturated carbocycles. The summed E-state index contributed by atoms with van der Waals surface area (Å²) in [5.74, 6) is 0. The molecule has 1 atom stereocenters. The minimum Gasteiger partial charge on any atom is -0.309 e. The molecule has 1 nitrogen and oxygen atoms in total. The molecule has 5 heteroatoms. The molecule has 8 aromatic rings. The van der Waals surface area contributed by atoms with Gasteiger partial charge in [-0.2, -0.15) is 0 Å². The number of benzene rings is 7. The van der Waals surface area contributed by atoms with Gasteiger partial charge in [-0.3, -0.25) is 0 Å². The SMILES string of the molecule is Clc1ccc2c(c1)Sc1ccccc1[Si]2(c1ccc(Br)cc1)c1ccc2cc(-n3c4ccccc4c4ccccc43)ccc2c1. The number of para-hydroxylation sites is 2. The summed E-state index contributed by atoms with van der Waals surface area (Å²) in [6, 6.07) is 55.9. The average Bonchev–Trinajstić information content (AvgIpc) is 3.41. The van der Waals surface area contributed by atoms with E-state index in [1.165, 1.54) is 68.8 Å². The maximum Gasteiger partial charge on any atom is 0.181 e. The smallest absolute Gasteiger partial charge is 0.181 e. The third kappa shape index (κ3) is 4.13. The second-order valence-corrected chi connectivity index (χ2v) is 17.8. The van der Waals surface area contributed by atoms with Gasteiger partial charge in [0, 0.05) is 35.7 Å². The summed E-state index contributed by atoms with van der Waals surface area (Å²) in [6.07, 6.45) is 0. The molecule has 1 aliphatic rings. The van der Waals surface area contributed by atoms with Crippen molar-refractivity contribution in [1.29, 1.82) is 0 Å². The van der Waals surface area contributed by atoms with Crippen LogP contribution in [0.2, 0.25) is 5.02 Å². The van der Waals surface area contributed by atoms with Crippen LogP contribution in [-0.2, 0) is 0 Å². The molecule has 0 aliphatic carbocycles. The molecule has 1 unspecified atom stereocenters. The molecule has 0 N–H and O–H groups in total. The zero-order valence-corrected chi connectivity index (χ0v) is 28.2. The van der Waals surface area contributed by atoms with Gasteiger partial charge in [0.15, 0.2) is 8.07 Å². The van der Waals surface area contributed by atoms with Crippen molar-refractivity contribution in [3.63, 3.8) is 0 Å². The van der Waals surface area contributed by atoms with E-state index >= 15 is 0 Å². The Morgan fingerprint density at radius 3 is 1.93 bits per heavy atom. The summed E-state index contributed by atoms with van der Waals surface area (Å²) >= 11 is 12.1. The van der Waals surface area contributed by atoms with Crippen LogP contribution in [0.1, 0.15) is 0 Å². The minimum atomic E-state index is -2.68. The van der Waals surface area contributed by atoms with Crippen molar-refractivity contribution in [2.24, 2.45) is 0 Å². The normalized spacial score (nSPS) is 15.8. The first-order valence-electron chi connectivity index (χ1n) is 15.0. The van der Waals surface area contributed by atoms with Crippen molar-refractivity contribution in [1.82, 2.24) is 4.57 Å². The number of rotatable bonds is 3. The predicted molar refractivity (Wildman–Crippen MR) is 199 cm³/mol. The second kappa shape index (κ2) is 10.5. The Morgan fingerprint density at radius 2 is 1.16 bits per heavy atom. The third-order valence-electron chi connectivity index (χ3n) is 9.23. The molecule has 0 spiro atoms. The molecule has 45 heavy (non-hydrogen) atoms.